The van der Waals surface area contributed by atoms with E-state index in [0.29, 0.717) is 71.2 Å². The van der Waals surface area contributed by atoms with Crippen LogP contribution in [0.2, 0.25) is 0 Å². The Labute approximate surface area is 573 Å². The highest BCUT2D eigenvalue weighted by molar-refractivity contribution is 7.99. The van der Waals surface area contributed by atoms with Gasteiger partial charge in [-0.3, -0.25) is 28.8 Å². The summed E-state index contributed by atoms with van der Waals surface area (Å²) in [6.45, 7) is 1.68. The van der Waals surface area contributed by atoms with Crippen LogP contribution in [0.1, 0.15) is 71.4 Å². The zero-order valence-electron chi connectivity index (χ0n) is 54.1. The van der Waals surface area contributed by atoms with Gasteiger partial charge in [-0.2, -0.15) is 23.5 Å². The molecule has 0 aromatic heterocycles. The summed E-state index contributed by atoms with van der Waals surface area (Å²) in [5.41, 5.74) is 3.85. The number of hydrogen-bond acceptors (Lipinski definition) is 20. The second-order valence-corrected chi connectivity index (χ2v) is 26.5. The summed E-state index contributed by atoms with van der Waals surface area (Å²) in [4.78, 5) is 102. The maximum atomic E-state index is 13.0. The predicted molar refractivity (Wildman–Crippen MR) is 365 cm³/mol. The molecule has 0 spiro atoms. The maximum Gasteiger partial charge on any atom is 0.364 e. The van der Waals surface area contributed by atoms with E-state index in [2.05, 4.69) is 31.9 Å². The Bertz CT molecular complexity index is 3480. The fraction of sp³-hybridized carbons (Fsp3) is 0.429. The highest BCUT2D eigenvalue weighted by atomic mass is 32.2. The van der Waals surface area contributed by atoms with E-state index in [0.717, 1.165) is 46.5 Å². The molecule has 526 valence electrons. The number of ether oxygens (including phenoxy) is 4. The Morgan fingerprint density at radius 2 is 0.867 bits per heavy atom. The molecule has 0 bridgehead atoms. The zero-order valence-corrected chi connectivity index (χ0v) is 55.7. The number of carboxylic acids is 2. The molecule has 6 aromatic rings. The monoisotopic (exact) mass is 1390 g/mol. The highest BCUT2D eigenvalue weighted by Crippen LogP contribution is 2.36. The summed E-state index contributed by atoms with van der Waals surface area (Å²) in [5, 5.41) is 107. The lowest BCUT2D eigenvalue weighted by molar-refractivity contribution is -0.310. The fourth-order valence-corrected chi connectivity index (χ4v) is 13.1. The number of carbonyl (C=O) groups is 8. The first-order valence-corrected chi connectivity index (χ1v) is 34.4. The second kappa shape index (κ2) is 36.1. The molecule has 0 aliphatic carbocycles. The van der Waals surface area contributed by atoms with Gasteiger partial charge in [0.05, 0.1) is 62.6 Å². The first-order valence-electron chi connectivity index (χ1n) is 32.1. The first kappa shape index (κ1) is 75.7. The van der Waals surface area contributed by atoms with Crippen molar-refractivity contribution in [3.63, 3.8) is 0 Å². The predicted octanol–water partition coefficient (Wildman–Crippen LogP) is 2.43. The van der Waals surface area contributed by atoms with E-state index in [-0.39, 0.29) is 37.9 Å². The van der Waals surface area contributed by atoms with Crippen molar-refractivity contribution in [1.29, 1.82) is 0 Å². The van der Waals surface area contributed by atoms with Crippen molar-refractivity contribution in [1.82, 2.24) is 31.9 Å². The number of aliphatic carboxylic acids is 2. The third kappa shape index (κ3) is 21.0. The number of benzene rings is 6. The van der Waals surface area contributed by atoms with Gasteiger partial charge in [-0.15, -0.1) is 0 Å². The number of carbonyl (C=O) groups excluding carboxylic acids is 6. The Morgan fingerprint density at radius 3 is 1.22 bits per heavy atom. The SMILES string of the molecule is CC(=O)N[C@@H]1[C@@H](O)C[C@](OCCCSCCNC(=O)c2ccc(-c3ccc(C(=O)NCCSCCCO[C@]4(C(=O)O)C[C@H](O)[C@@H](NC(C)=O)[C@H](C(O)[C@H](O)CNC(=O)Cc5ccc6ccccc6c5)O4)cc3)cc2)(C(=O)O)O[C@H]1C(O)[C@H](O)CNC(=O)Cc1ccc2ccccc2c1. The quantitative estimate of drug-likeness (QED) is 0.0254. The molecule has 2 fully saturated rings. The Hall–Kier alpha value is -8.10. The summed E-state index contributed by atoms with van der Waals surface area (Å²) in [6, 6.07) is 37.5. The van der Waals surface area contributed by atoms with Crippen LogP contribution in [0.5, 0.6) is 0 Å². The van der Waals surface area contributed by atoms with Gasteiger partial charge in [0, 0.05) is 75.5 Å². The number of carboxylic acid groups (broad SMARTS) is 2. The van der Waals surface area contributed by atoms with Crippen LogP contribution in [-0.4, -0.2) is 223 Å². The molecule has 2 aliphatic heterocycles. The standard InChI is InChI=1S/C70H84N6O20S2/c1-41(77)75-59-53(79)37-69(67(89)90,95-63(59)61(85)55(81)39-73-57(83)35-43-13-15-45-9-3-5-11-51(45)33-43)93-27-7-29-97-31-25-71-65(87)49-21-17-47(18-22-49)48-19-23-50(24-20-48)66(88)72-26-32-98-30-8-28-94-70(68(91)92)38-54(80)60(76-42(2)78)64(96-70)62(86)56(82)40-74-58(84)36-44-14-16-46-10-4-6-12-52(46)34-44/h3-6,9-24,33-34,53-56,59-64,79-82,85-86H,7-8,25-32,35-40H2,1-2H3,(H,71,87)(H,72,88)(H,73,83)(H,74,84)(H,75,77)(H,76,78)(H,89,90)(H,91,92)/t53-,54-,55+,56+,59+,60+,61?,62?,63+,64+,69+,70+/m0/s1. The van der Waals surface area contributed by atoms with Crippen LogP contribution in [0, 0.1) is 0 Å². The van der Waals surface area contributed by atoms with Crippen molar-refractivity contribution in [2.24, 2.45) is 0 Å². The molecule has 12 atom stereocenters. The molecule has 2 heterocycles. The van der Waals surface area contributed by atoms with Gasteiger partial charge in [-0.05, 0) is 92.4 Å². The van der Waals surface area contributed by atoms with Gasteiger partial charge in [0.15, 0.2) is 0 Å². The topological polar surface area (TPSA) is 408 Å². The molecule has 2 unspecified atom stereocenters. The van der Waals surface area contributed by atoms with Crippen LogP contribution in [0.3, 0.4) is 0 Å². The minimum absolute atomic E-state index is 0.0280. The van der Waals surface area contributed by atoms with Gasteiger partial charge in [0.25, 0.3) is 23.4 Å². The number of fused-ring (bicyclic) bond motifs is 2. The maximum absolute atomic E-state index is 13.0. The Kier molecular flexibility index (Phi) is 27.9. The number of rotatable bonds is 35. The second-order valence-electron chi connectivity index (χ2n) is 24.0. The smallest absolute Gasteiger partial charge is 0.364 e. The number of aliphatic hydroxyl groups is 6. The molecular weight excluding hydrogens is 1310 g/mol. The average molecular weight is 1390 g/mol. The van der Waals surface area contributed by atoms with Crippen molar-refractivity contribution >= 4 is 92.5 Å². The molecule has 0 radical (unpaired) electrons. The van der Waals surface area contributed by atoms with E-state index in [4.69, 9.17) is 18.9 Å². The summed E-state index contributed by atoms with van der Waals surface area (Å²) in [5.74, 6) is -8.99. The minimum Gasteiger partial charge on any atom is -0.477 e. The van der Waals surface area contributed by atoms with Crippen LogP contribution in [0.15, 0.2) is 133 Å². The molecule has 6 amide bonds. The van der Waals surface area contributed by atoms with Gasteiger partial charge in [-0.1, -0.05) is 109 Å². The van der Waals surface area contributed by atoms with Crippen molar-refractivity contribution in [3.05, 3.63) is 156 Å². The molecule has 0 saturated carbocycles. The largest absolute Gasteiger partial charge is 0.477 e. The molecule has 14 N–H and O–H groups in total. The van der Waals surface area contributed by atoms with E-state index in [9.17, 15) is 79.2 Å². The lowest BCUT2D eigenvalue weighted by Crippen LogP contribution is -2.68. The molecule has 6 aromatic carbocycles. The number of thioether (sulfide) groups is 2. The van der Waals surface area contributed by atoms with Crippen LogP contribution in [0.4, 0.5) is 0 Å². The first-order chi connectivity index (χ1) is 46.9. The highest BCUT2D eigenvalue weighted by Gasteiger charge is 2.57. The van der Waals surface area contributed by atoms with E-state index >= 15 is 0 Å². The van der Waals surface area contributed by atoms with Gasteiger partial charge >= 0.3 is 11.9 Å². The summed E-state index contributed by atoms with van der Waals surface area (Å²) < 4.78 is 23.2. The molecule has 26 nitrogen and oxygen atoms in total. The Morgan fingerprint density at radius 1 is 0.500 bits per heavy atom. The van der Waals surface area contributed by atoms with E-state index in [1.807, 2.05) is 72.8 Å². The fourth-order valence-electron chi connectivity index (χ4n) is 11.5. The average Bonchev–Trinajstić information content (AvgIpc) is 0.775. The molecular formula is C70H84N6O20S2. The lowest BCUT2D eigenvalue weighted by Gasteiger charge is -2.46. The summed E-state index contributed by atoms with van der Waals surface area (Å²) in [7, 11) is 0. The van der Waals surface area contributed by atoms with E-state index in [1.54, 1.807) is 60.7 Å². The Balaban J connectivity index is 0.701. The third-order valence-electron chi connectivity index (χ3n) is 16.6. The molecule has 2 saturated heterocycles. The van der Waals surface area contributed by atoms with Crippen LogP contribution >= 0.6 is 23.5 Å². The molecule has 98 heavy (non-hydrogen) atoms. The zero-order chi connectivity index (χ0) is 70.5. The number of aliphatic hydroxyl groups excluding tert-OH is 6. The van der Waals surface area contributed by atoms with Crippen LogP contribution in [-0.2, 0) is 60.6 Å². The van der Waals surface area contributed by atoms with Crippen LogP contribution in [0.25, 0.3) is 32.7 Å². The summed E-state index contributed by atoms with van der Waals surface area (Å²) in [6.07, 6.45) is -14.4. The number of hydrogen-bond donors (Lipinski definition) is 14. The number of amides is 6. The van der Waals surface area contributed by atoms with Gasteiger partial charge in [-0.25, -0.2) is 9.59 Å². The van der Waals surface area contributed by atoms with Gasteiger partial charge in [0.2, 0.25) is 23.6 Å². The van der Waals surface area contributed by atoms with Crippen molar-refractivity contribution in [2.75, 3.05) is 62.4 Å². The molecule has 2 aliphatic rings. The number of nitrogens with one attached hydrogen (secondary N) is 6. The van der Waals surface area contributed by atoms with Crippen LogP contribution < -0.4 is 31.9 Å². The van der Waals surface area contributed by atoms with E-state index < -0.39 is 134 Å². The van der Waals surface area contributed by atoms with E-state index in [1.165, 1.54) is 23.5 Å². The van der Waals surface area contributed by atoms with Gasteiger partial charge < -0.3 is 91.7 Å². The lowest BCUT2D eigenvalue weighted by atomic mass is 9.88. The minimum atomic E-state index is -2.47. The molecule has 28 heteroatoms. The normalized spacial score (nSPS) is 22.0. The molecule has 8 rings (SSSR count). The third-order valence-corrected chi connectivity index (χ3v) is 18.7. The van der Waals surface area contributed by atoms with Gasteiger partial charge in [0.1, 0.15) is 24.4 Å². The summed E-state index contributed by atoms with van der Waals surface area (Å²) >= 11 is 2.92. The van der Waals surface area contributed by atoms with Crippen molar-refractivity contribution in [3.8, 4) is 11.1 Å². The van der Waals surface area contributed by atoms with Crippen molar-refractivity contribution in [2.45, 2.75) is 125 Å². The van der Waals surface area contributed by atoms with Crippen molar-refractivity contribution < 1.29 is 98.2 Å².